The largest absolute Gasteiger partial charge is 0.493 e. The number of aromatic nitrogens is 1. The van der Waals surface area contributed by atoms with Crippen LogP contribution in [0.5, 0.6) is 0 Å². The van der Waals surface area contributed by atoms with Gasteiger partial charge in [0.1, 0.15) is 16.5 Å². The van der Waals surface area contributed by atoms with E-state index in [1.54, 1.807) is 12.1 Å². The molecule has 5 rings (SSSR count). The molecule has 1 aliphatic heterocycles. The third-order valence-corrected chi connectivity index (χ3v) is 7.31. The summed E-state index contributed by atoms with van der Waals surface area (Å²) in [6.07, 6.45) is 0. The van der Waals surface area contributed by atoms with E-state index in [2.05, 4.69) is 10.3 Å². The molecule has 0 fully saturated rings. The fraction of sp³-hybridized carbons (Fsp3) is 0.333. The molecular formula is C30H33BCl2N2O4. The molecule has 0 saturated carbocycles. The van der Waals surface area contributed by atoms with Crippen molar-refractivity contribution in [3.63, 3.8) is 0 Å². The van der Waals surface area contributed by atoms with Gasteiger partial charge in [0.25, 0.3) is 0 Å². The van der Waals surface area contributed by atoms with Gasteiger partial charge in [-0.05, 0) is 62.2 Å². The van der Waals surface area contributed by atoms with Crippen molar-refractivity contribution in [1.29, 1.82) is 0 Å². The monoisotopic (exact) mass is 566 g/mol. The van der Waals surface area contributed by atoms with Gasteiger partial charge < -0.3 is 19.4 Å². The van der Waals surface area contributed by atoms with Crippen molar-refractivity contribution in [2.45, 2.75) is 67.0 Å². The fourth-order valence-electron chi connectivity index (χ4n) is 5.00. The minimum Gasteiger partial charge on any atom is -0.460 e. The molecule has 204 valence electrons. The van der Waals surface area contributed by atoms with Crippen molar-refractivity contribution >= 4 is 52.4 Å². The minimum atomic E-state index is -1.04. The van der Waals surface area contributed by atoms with E-state index in [-0.39, 0.29) is 24.0 Å². The second-order valence-corrected chi connectivity index (χ2v) is 10.7. The van der Waals surface area contributed by atoms with Gasteiger partial charge >= 0.3 is 7.12 Å². The molecule has 1 unspecified atom stereocenters. The maximum Gasteiger partial charge on any atom is 0.493 e. The van der Waals surface area contributed by atoms with Crippen LogP contribution in [-0.2, 0) is 11.3 Å². The lowest BCUT2D eigenvalue weighted by Gasteiger charge is -2.21. The maximum absolute atomic E-state index is 13.2. The molecule has 2 aromatic heterocycles. The number of hydrogen-bond acceptors (Lipinski definition) is 6. The zero-order chi connectivity index (χ0) is 28.6. The molecule has 0 aliphatic carbocycles. The normalized spacial score (nSPS) is 13.4. The average molecular weight is 567 g/mol. The highest BCUT2D eigenvalue weighted by Crippen LogP contribution is 2.35. The van der Waals surface area contributed by atoms with Crippen molar-refractivity contribution in [3.05, 3.63) is 84.8 Å². The molecule has 0 bridgehead atoms. The van der Waals surface area contributed by atoms with Gasteiger partial charge in [0.15, 0.2) is 5.43 Å². The maximum atomic E-state index is 13.2. The number of nitrogens with zero attached hydrogens (tertiary/aromatic N) is 1. The minimum absolute atomic E-state index is 0.00635. The van der Waals surface area contributed by atoms with E-state index >= 15 is 0 Å². The number of benzene rings is 2. The Hall–Kier alpha value is -2.84. The Labute approximate surface area is 239 Å². The highest BCUT2D eigenvalue weighted by atomic mass is 35.5. The molecule has 0 saturated heterocycles. The predicted molar refractivity (Wildman–Crippen MR) is 162 cm³/mol. The zero-order valence-electron chi connectivity index (χ0n) is 23.3. The second-order valence-electron chi connectivity index (χ2n) is 9.90. The molecule has 0 radical (unpaired) electrons. The Morgan fingerprint density at radius 3 is 2.49 bits per heavy atom. The van der Waals surface area contributed by atoms with Crippen molar-refractivity contribution in [1.82, 2.24) is 4.98 Å². The van der Waals surface area contributed by atoms with E-state index in [1.807, 2.05) is 72.7 Å². The number of nitrogens with one attached hydrogen (secondary N) is 1. The number of halogens is 2. The van der Waals surface area contributed by atoms with E-state index in [0.717, 1.165) is 27.9 Å². The Bertz CT molecular complexity index is 1600. The van der Waals surface area contributed by atoms with Crippen LogP contribution in [0.3, 0.4) is 0 Å². The van der Waals surface area contributed by atoms with Crippen LogP contribution >= 0.6 is 23.2 Å². The molecule has 0 amide bonds. The Balaban J connectivity index is 0.00000172. The summed E-state index contributed by atoms with van der Waals surface area (Å²) in [4.78, 5) is 17.8. The van der Waals surface area contributed by atoms with E-state index in [1.165, 1.54) is 0 Å². The summed E-state index contributed by atoms with van der Waals surface area (Å²) in [6, 6.07) is 10.9. The Morgan fingerprint density at radius 2 is 1.79 bits per heavy atom. The first-order chi connectivity index (χ1) is 18.5. The van der Waals surface area contributed by atoms with Crippen LogP contribution < -0.4 is 16.2 Å². The molecule has 1 atom stereocenters. The molecule has 6 nitrogen and oxygen atoms in total. The molecule has 39 heavy (non-hydrogen) atoms. The molecular weight excluding hydrogens is 534 g/mol. The summed E-state index contributed by atoms with van der Waals surface area (Å²) >= 11 is 12.8. The number of pyridine rings is 1. The van der Waals surface area contributed by atoms with Gasteiger partial charge in [0.2, 0.25) is 0 Å². The Morgan fingerprint density at radius 1 is 1.08 bits per heavy atom. The van der Waals surface area contributed by atoms with Gasteiger partial charge in [0, 0.05) is 33.1 Å². The van der Waals surface area contributed by atoms with Crippen molar-refractivity contribution < 1.29 is 14.1 Å². The van der Waals surface area contributed by atoms with Gasteiger partial charge in [-0.2, -0.15) is 0 Å². The highest BCUT2D eigenvalue weighted by Gasteiger charge is 2.31. The molecule has 4 aromatic rings. The van der Waals surface area contributed by atoms with Gasteiger partial charge in [-0.1, -0.05) is 57.0 Å². The fourth-order valence-corrected chi connectivity index (χ4v) is 5.48. The number of fused-ring (bicyclic) bond motifs is 2. The topological polar surface area (TPSA) is 84.6 Å². The van der Waals surface area contributed by atoms with Gasteiger partial charge in [-0.25, -0.2) is 4.98 Å². The van der Waals surface area contributed by atoms with Crippen LogP contribution in [0.4, 0.5) is 5.69 Å². The van der Waals surface area contributed by atoms with Crippen LogP contribution in [0.25, 0.3) is 22.2 Å². The molecule has 3 heterocycles. The van der Waals surface area contributed by atoms with Crippen LogP contribution in [0.1, 0.15) is 74.6 Å². The molecule has 1 aliphatic rings. The number of rotatable bonds is 5. The number of hydrogen-bond donors (Lipinski definition) is 2. The smallest absolute Gasteiger partial charge is 0.460 e. The van der Waals surface area contributed by atoms with Crippen LogP contribution in [0, 0.1) is 13.8 Å². The molecule has 9 heteroatoms. The summed E-state index contributed by atoms with van der Waals surface area (Å²) in [6.45, 7) is 14.1. The van der Waals surface area contributed by atoms with E-state index in [4.69, 9.17) is 32.3 Å². The summed E-state index contributed by atoms with van der Waals surface area (Å²) < 4.78 is 11.7. The van der Waals surface area contributed by atoms with E-state index in [9.17, 15) is 9.82 Å². The summed E-state index contributed by atoms with van der Waals surface area (Å²) in [5.74, 6) is 0.773. The van der Waals surface area contributed by atoms with Crippen molar-refractivity contribution in [3.8, 4) is 11.3 Å². The average Bonchev–Trinajstić information content (AvgIpc) is 3.28. The van der Waals surface area contributed by atoms with Gasteiger partial charge in [-0.3, -0.25) is 4.79 Å². The first-order valence-electron chi connectivity index (χ1n) is 13.2. The summed E-state index contributed by atoms with van der Waals surface area (Å²) in [5.41, 5.74) is 6.54. The quantitative estimate of drug-likeness (QED) is 0.194. The first-order valence-corrected chi connectivity index (χ1v) is 13.9. The highest BCUT2D eigenvalue weighted by molar-refractivity contribution is 6.65. The lowest BCUT2D eigenvalue weighted by Crippen LogP contribution is -2.29. The lowest BCUT2D eigenvalue weighted by atomic mass is 9.79. The molecule has 2 aromatic carbocycles. The van der Waals surface area contributed by atoms with E-state index < -0.39 is 7.12 Å². The Kier molecular flexibility index (Phi) is 8.77. The number of anilines is 1. The number of aryl methyl sites for hydroxylation is 1. The molecule has 0 spiro atoms. The van der Waals surface area contributed by atoms with Crippen LogP contribution in [-0.4, -0.2) is 17.1 Å². The third kappa shape index (κ3) is 5.59. The van der Waals surface area contributed by atoms with Gasteiger partial charge in [0.05, 0.1) is 29.4 Å². The molecule has 2 N–H and O–H groups in total. The summed E-state index contributed by atoms with van der Waals surface area (Å²) in [5, 5.41) is 14.9. The third-order valence-electron chi connectivity index (χ3n) is 6.79. The van der Waals surface area contributed by atoms with Crippen molar-refractivity contribution in [2.75, 3.05) is 5.32 Å². The zero-order valence-corrected chi connectivity index (χ0v) is 24.8. The van der Waals surface area contributed by atoms with Gasteiger partial charge in [-0.15, -0.1) is 0 Å². The van der Waals surface area contributed by atoms with Crippen molar-refractivity contribution in [2.24, 2.45) is 0 Å². The SMILES string of the molecule is CC.Cc1cc(C(C)Nc2ccc(Cl)nc2-c2cc(Cl)c3c(c2)COB3O)c2oc(C(C)C)c(C)c(=O)c2c1. The second kappa shape index (κ2) is 11.7. The standard InChI is InChI=1S/C28H27BCl2N2O4.C2H6/c1-13(2)27-15(4)26(34)20-9-14(3)8-19(28(20)37-27)16(5)32-22-6-7-23(31)33-25(22)17-10-18-12-36-29(35)24(18)21(30)11-17;1-2/h6-11,13,16,32,35H,12H2,1-5H3;1-2H3. The predicted octanol–water partition coefficient (Wildman–Crippen LogP) is 7.32. The van der Waals surface area contributed by atoms with Crippen LogP contribution in [0.2, 0.25) is 10.2 Å². The lowest BCUT2D eigenvalue weighted by molar-refractivity contribution is 0.275. The first kappa shape index (κ1) is 29.2. The van der Waals surface area contributed by atoms with E-state index in [0.29, 0.717) is 43.6 Å². The summed E-state index contributed by atoms with van der Waals surface area (Å²) in [7, 11) is -1.04. The van der Waals surface area contributed by atoms with Crippen LogP contribution in [0.15, 0.2) is 45.6 Å².